The van der Waals surface area contributed by atoms with Crippen LogP contribution in [0.15, 0.2) is 72.8 Å². The predicted octanol–water partition coefficient (Wildman–Crippen LogP) is 15.2. The fourth-order valence-corrected chi connectivity index (χ4v) is 8.36. The molecule has 0 aliphatic carbocycles. The molecule has 0 saturated heterocycles. The highest BCUT2D eigenvalue weighted by molar-refractivity contribution is 7.49. The lowest BCUT2D eigenvalue weighted by Crippen LogP contribution is -2.23. The summed E-state index contributed by atoms with van der Waals surface area (Å²) in [5, 5.41) is 13.5. The van der Waals surface area contributed by atoms with Gasteiger partial charge in [0.15, 0.2) is 0 Å². The van der Waals surface area contributed by atoms with E-state index >= 15 is 0 Å². The van der Waals surface area contributed by atoms with E-state index < -0.39 is 111 Å². The number of hydrogen-bond donors (Lipinski definition) is 3. The van der Waals surface area contributed by atoms with Gasteiger partial charge >= 0.3 is 32.5 Å². The van der Waals surface area contributed by atoms with Crippen molar-refractivity contribution < 1.29 is 85.5 Å². The van der Waals surface area contributed by atoms with Crippen molar-refractivity contribution in [3.8, 4) is 11.5 Å². The fraction of sp³-hybridized carbons (Fsp3) is 0.350. The number of alkyl halides is 12. The van der Waals surface area contributed by atoms with E-state index in [1.807, 2.05) is 10.6 Å². The second kappa shape index (κ2) is 21.4. The van der Waals surface area contributed by atoms with E-state index in [0.29, 0.717) is 36.4 Å². The number of carbonyl (C=O) groups is 2. The number of phosphoric acid groups is 1. The van der Waals surface area contributed by atoms with Crippen LogP contribution in [0.1, 0.15) is 43.0 Å². The number of phenols is 1. The molecule has 4 rings (SSSR count). The van der Waals surface area contributed by atoms with Crippen molar-refractivity contribution in [3.05, 3.63) is 116 Å². The van der Waals surface area contributed by atoms with Crippen molar-refractivity contribution in [1.29, 1.82) is 0 Å². The summed E-state index contributed by atoms with van der Waals surface area (Å²) < 4.78 is 187. The first-order valence-electron chi connectivity index (χ1n) is 18.9. The summed E-state index contributed by atoms with van der Waals surface area (Å²) in [6, 6.07) is 9.42. The van der Waals surface area contributed by atoms with E-state index in [9.17, 15) is 71.9 Å². The van der Waals surface area contributed by atoms with E-state index in [0.717, 1.165) is 18.2 Å². The van der Waals surface area contributed by atoms with Crippen LogP contribution in [0.3, 0.4) is 0 Å². The Morgan fingerprint density at radius 1 is 0.561 bits per heavy atom. The molecular weight excluding hydrogens is 1010 g/mol. The van der Waals surface area contributed by atoms with Crippen molar-refractivity contribution >= 4 is 70.4 Å². The third-order valence-electron chi connectivity index (χ3n) is 8.49. The third-order valence-corrected chi connectivity index (χ3v) is 13.8. The lowest BCUT2D eigenvalue weighted by atomic mass is 10.1. The highest BCUT2D eigenvalue weighted by atomic mass is 35.5. The van der Waals surface area contributed by atoms with E-state index in [2.05, 4.69) is 39.3 Å². The van der Waals surface area contributed by atoms with Crippen LogP contribution in [0.5, 0.6) is 11.5 Å². The Hall–Kier alpha value is -4.26. The van der Waals surface area contributed by atoms with Gasteiger partial charge < -0.3 is 20.3 Å². The first-order chi connectivity index (χ1) is 29.8. The molecule has 0 aliphatic rings. The zero-order valence-corrected chi connectivity index (χ0v) is 39.8. The molecule has 0 heterocycles. The number of phenolic OH excluding ortho intramolecular Hbond substituents is 1. The molecule has 2 amide bonds. The Balaban J connectivity index is 0.000000393. The molecule has 0 bridgehead atoms. The Kier molecular flexibility index (Phi) is 18.1. The minimum absolute atomic E-state index is 0.00310. The summed E-state index contributed by atoms with van der Waals surface area (Å²) in [5.74, 6) is -3.16. The van der Waals surface area contributed by atoms with E-state index in [4.69, 9.17) is 36.8 Å². The van der Waals surface area contributed by atoms with Gasteiger partial charge in [-0.25, -0.2) is 4.57 Å². The van der Waals surface area contributed by atoms with Gasteiger partial charge in [-0.3, -0.25) is 18.6 Å². The summed E-state index contributed by atoms with van der Waals surface area (Å²) in [6.07, 6.45) is -20.3. The number of halogens is 14. The van der Waals surface area contributed by atoms with Gasteiger partial charge in [0, 0.05) is 37.6 Å². The molecule has 0 aromatic heterocycles. The largest absolute Gasteiger partial charge is 0.530 e. The van der Waals surface area contributed by atoms with Crippen molar-refractivity contribution in [2.75, 3.05) is 23.8 Å². The summed E-state index contributed by atoms with van der Waals surface area (Å²) in [5.41, 5.74) is -8.69. The van der Waals surface area contributed by atoms with Crippen LogP contribution in [0.2, 0.25) is 61.4 Å². The van der Waals surface area contributed by atoms with Crippen molar-refractivity contribution in [2.24, 2.45) is 0 Å². The molecule has 0 atom stereocenters. The Morgan fingerprint density at radius 2 is 0.894 bits per heavy atom. The molecule has 0 saturated carbocycles. The highest BCUT2D eigenvalue weighted by Crippen LogP contribution is 2.51. The number of benzene rings is 4. The Bertz CT molecular complexity index is 2330. The maximum atomic E-state index is 13.6. The molecule has 26 heteroatoms. The maximum Gasteiger partial charge on any atom is 0.530 e. The van der Waals surface area contributed by atoms with Crippen LogP contribution in [0, 0.1) is 0 Å². The first-order valence-corrected chi connectivity index (χ1v) is 28.6. The molecule has 0 unspecified atom stereocenters. The van der Waals surface area contributed by atoms with Gasteiger partial charge in [0.1, 0.15) is 11.5 Å². The number of rotatable bonds is 14. The van der Waals surface area contributed by atoms with E-state index in [-0.39, 0.29) is 41.1 Å². The van der Waals surface area contributed by atoms with Crippen LogP contribution in [-0.2, 0) is 38.3 Å². The minimum Gasteiger partial charge on any atom is -0.507 e. The molecule has 0 spiro atoms. The zero-order chi connectivity index (χ0) is 50.4. The second-order valence-corrected chi connectivity index (χ2v) is 30.3. The average molecular weight is 1050 g/mol. The number of carbonyl (C=O) groups excluding carboxylic acids is 2. The molecule has 0 fully saturated rings. The summed E-state index contributed by atoms with van der Waals surface area (Å²) in [7, 11) is -7.55. The van der Waals surface area contributed by atoms with Gasteiger partial charge in [-0.05, 0) is 84.9 Å². The number of anilines is 2. The molecule has 0 aliphatic heterocycles. The van der Waals surface area contributed by atoms with Crippen LogP contribution in [-0.4, -0.2) is 46.3 Å². The van der Waals surface area contributed by atoms with Gasteiger partial charge in [-0.1, -0.05) is 62.5 Å². The van der Waals surface area contributed by atoms with Crippen molar-refractivity contribution in [1.82, 2.24) is 0 Å². The number of aromatic hydroxyl groups is 1. The quantitative estimate of drug-likeness (QED) is 0.0653. The number of hydrogen-bond acceptors (Lipinski definition) is 7. The Labute approximate surface area is 382 Å². The molecule has 9 nitrogen and oxygen atoms in total. The number of phosphoric ester groups is 1. The van der Waals surface area contributed by atoms with Crippen LogP contribution in [0.4, 0.5) is 64.1 Å². The maximum absolute atomic E-state index is 13.6. The van der Waals surface area contributed by atoms with Crippen LogP contribution >= 0.6 is 31.0 Å². The number of amides is 2. The first kappa shape index (κ1) is 56.1. The smallest absolute Gasteiger partial charge is 0.507 e. The summed E-state index contributed by atoms with van der Waals surface area (Å²) >= 11 is 11.7. The van der Waals surface area contributed by atoms with Gasteiger partial charge in [-0.2, -0.15) is 52.7 Å². The summed E-state index contributed by atoms with van der Waals surface area (Å²) in [4.78, 5) is 25.1. The third kappa shape index (κ3) is 18.1. The van der Waals surface area contributed by atoms with Gasteiger partial charge in [0.05, 0.1) is 46.6 Å². The van der Waals surface area contributed by atoms with Gasteiger partial charge in [0.2, 0.25) is 0 Å². The fourth-order valence-electron chi connectivity index (χ4n) is 5.04. The lowest BCUT2D eigenvalue weighted by Gasteiger charge is -2.23. The molecule has 364 valence electrons. The highest BCUT2D eigenvalue weighted by Gasteiger charge is 2.39. The SMILES string of the molecule is C[Si](C)(C)CCOP(=O)(OCC[Si](C)(C)C)Oc1ccc(Cl)cc1C(=O)Nc1cc(C(F)(F)F)cc(C(F)(F)F)c1.O=C(Nc1cc(C(F)(F)F)cc(C(F)(F)F)c1)c1cc(Cl)ccc1O. The Morgan fingerprint density at radius 3 is 1.24 bits per heavy atom. The number of nitrogens with one attached hydrogen (secondary N) is 2. The van der Waals surface area contributed by atoms with Gasteiger partial charge in [-0.15, -0.1) is 0 Å². The molecular formula is C40H41Cl2F12N2O7PSi2. The van der Waals surface area contributed by atoms with E-state index in [1.54, 1.807) is 0 Å². The predicted molar refractivity (Wildman–Crippen MR) is 230 cm³/mol. The topological polar surface area (TPSA) is 123 Å². The van der Waals surface area contributed by atoms with Gasteiger partial charge in [0.25, 0.3) is 11.8 Å². The van der Waals surface area contributed by atoms with E-state index in [1.165, 1.54) is 18.2 Å². The lowest BCUT2D eigenvalue weighted by molar-refractivity contribution is -0.144. The van der Waals surface area contributed by atoms with Crippen LogP contribution in [0.25, 0.3) is 0 Å². The molecule has 4 aromatic carbocycles. The second-order valence-electron chi connectivity index (χ2n) is 16.6. The van der Waals surface area contributed by atoms with Crippen LogP contribution < -0.4 is 15.2 Å². The van der Waals surface area contributed by atoms with Crippen molar-refractivity contribution in [3.63, 3.8) is 0 Å². The molecule has 66 heavy (non-hydrogen) atoms. The normalized spacial score (nSPS) is 12.8. The monoisotopic (exact) mass is 1050 g/mol. The molecule has 3 N–H and O–H groups in total. The standard InChI is InChI=1S/C25H33ClF6NO5PSi2.C15H8ClF6NO2/c1-40(2,3)11-9-36-39(35,37-10-12-41(4,5)6)38-22-8-7-19(26)16-21(22)23(34)33-20-14-17(24(27,28)29)13-18(15-20)25(30,31)32;16-9-1-2-12(24)11(6-9)13(25)23-10-4-7(14(17,18)19)3-8(5-10)15(20,21)22/h7-8,13-16H,9-12H2,1-6H3,(H,33,34);1-6,24H,(H,23,25). The molecule has 0 radical (unpaired) electrons. The zero-order valence-electron chi connectivity index (χ0n) is 35.4. The molecule has 4 aromatic rings. The summed E-state index contributed by atoms with van der Waals surface area (Å²) in [6.45, 7) is 12.5. The minimum atomic E-state index is -5.11. The average Bonchev–Trinajstić information content (AvgIpc) is 3.14. The van der Waals surface area contributed by atoms with Crippen molar-refractivity contribution in [2.45, 2.75) is 76.1 Å².